The van der Waals surface area contributed by atoms with Crippen molar-refractivity contribution < 1.29 is 14.6 Å². The van der Waals surface area contributed by atoms with Crippen LogP contribution in [0.5, 0.6) is 5.75 Å². The lowest BCUT2D eigenvalue weighted by Gasteiger charge is -2.23. The second-order valence-electron chi connectivity index (χ2n) is 5.26. The maximum atomic E-state index is 12.4. The summed E-state index contributed by atoms with van der Waals surface area (Å²) in [7, 11) is 1.59. The van der Waals surface area contributed by atoms with E-state index in [0.717, 1.165) is 32.2 Å². The van der Waals surface area contributed by atoms with Gasteiger partial charge in [0.15, 0.2) is 5.78 Å². The van der Waals surface area contributed by atoms with E-state index in [1.54, 1.807) is 7.11 Å². The largest absolute Gasteiger partial charge is 0.496 e. The molecular formula is C16H23NO3. The molecule has 0 amide bonds. The number of benzene rings is 1. The van der Waals surface area contributed by atoms with Crippen LogP contribution >= 0.6 is 0 Å². The Labute approximate surface area is 120 Å². The molecule has 0 radical (unpaired) electrons. The highest BCUT2D eigenvalue weighted by Gasteiger charge is 2.26. The third-order valence-corrected chi connectivity index (χ3v) is 3.95. The van der Waals surface area contributed by atoms with Gasteiger partial charge in [0.1, 0.15) is 5.75 Å². The van der Waals surface area contributed by atoms with Crippen LogP contribution in [0.3, 0.4) is 0 Å². The minimum Gasteiger partial charge on any atom is -0.496 e. The van der Waals surface area contributed by atoms with E-state index < -0.39 is 0 Å². The van der Waals surface area contributed by atoms with Crippen molar-refractivity contribution in [3.63, 3.8) is 0 Å². The minimum atomic E-state index is 0.110. The quantitative estimate of drug-likeness (QED) is 0.776. The van der Waals surface area contributed by atoms with E-state index in [2.05, 4.69) is 4.90 Å². The molecule has 4 heteroatoms. The Kier molecular flexibility index (Phi) is 5.56. The fraction of sp³-hybridized carbons (Fsp3) is 0.562. The number of para-hydroxylation sites is 1. The maximum absolute atomic E-state index is 12.4. The van der Waals surface area contributed by atoms with Crippen LogP contribution in [0.25, 0.3) is 0 Å². The summed E-state index contributed by atoms with van der Waals surface area (Å²) in [6, 6.07) is 7.81. The molecule has 20 heavy (non-hydrogen) atoms. The molecule has 0 aromatic heterocycles. The minimum absolute atomic E-state index is 0.110. The van der Waals surface area contributed by atoms with Gasteiger partial charge in [-0.3, -0.25) is 9.69 Å². The standard InChI is InChI=1S/C16H23NO3/c1-20-16-9-3-2-8-14(16)15(19)12-17-10-4-6-13(17)7-5-11-18/h2-3,8-9,13,18H,4-7,10-12H2,1H3. The van der Waals surface area contributed by atoms with Gasteiger partial charge < -0.3 is 9.84 Å². The first kappa shape index (κ1) is 15.0. The van der Waals surface area contributed by atoms with Gasteiger partial charge in [-0.15, -0.1) is 0 Å². The van der Waals surface area contributed by atoms with Gasteiger partial charge in [0.2, 0.25) is 0 Å². The average Bonchev–Trinajstić information content (AvgIpc) is 2.92. The molecule has 0 bridgehead atoms. The van der Waals surface area contributed by atoms with Crippen molar-refractivity contribution in [2.75, 3.05) is 26.8 Å². The Morgan fingerprint density at radius 3 is 3.00 bits per heavy atom. The SMILES string of the molecule is COc1ccccc1C(=O)CN1CCCC1CCCO. The van der Waals surface area contributed by atoms with Crippen molar-refractivity contribution in [1.82, 2.24) is 4.90 Å². The van der Waals surface area contributed by atoms with E-state index in [9.17, 15) is 4.79 Å². The summed E-state index contributed by atoms with van der Waals surface area (Å²) in [5.41, 5.74) is 0.655. The number of aliphatic hydroxyl groups is 1. The van der Waals surface area contributed by atoms with Crippen molar-refractivity contribution in [3.8, 4) is 5.75 Å². The van der Waals surface area contributed by atoms with E-state index >= 15 is 0 Å². The van der Waals surface area contributed by atoms with Crippen molar-refractivity contribution in [2.24, 2.45) is 0 Å². The smallest absolute Gasteiger partial charge is 0.180 e. The van der Waals surface area contributed by atoms with Crippen LogP contribution in [-0.4, -0.2) is 48.6 Å². The molecule has 0 spiro atoms. The molecule has 1 atom stereocenters. The number of likely N-dealkylation sites (tertiary alicyclic amines) is 1. The number of nitrogens with zero attached hydrogens (tertiary/aromatic N) is 1. The molecule has 1 N–H and O–H groups in total. The maximum Gasteiger partial charge on any atom is 0.180 e. The fourth-order valence-electron chi connectivity index (χ4n) is 2.90. The Morgan fingerprint density at radius 1 is 1.45 bits per heavy atom. The molecule has 0 saturated carbocycles. The lowest BCUT2D eigenvalue weighted by molar-refractivity contribution is 0.0913. The highest BCUT2D eigenvalue weighted by atomic mass is 16.5. The predicted molar refractivity (Wildman–Crippen MR) is 78.2 cm³/mol. The Hall–Kier alpha value is -1.39. The molecular weight excluding hydrogens is 254 g/mol. The highest BCUT2D eigenvalue weighted by molar-refractivity contribution is 6.00. The summed E-state index contributed by atoms with van der Waals surface area (Å²) in [6.07, 6.45) is 4.04. The number of carbonyl (C=O) groups is 1. The number of carbonyl (C=O) groups excluding carboxylic acids is 1. The Balaban J connectivity index is 2.00. The summed E-state index contributed by atoms with van der Waals surface area (Å²) in [6.45, 7) is 1.64. The summed E-state index contributed by atoms with van der Waals surface area (Å²) < 4.78 is 5.25. The van der Waals surface area contributed by atoms with Crippen LogP contribution in [0.4, 0.5) is 0 Å². The number of Topliss-reactive ketones (excluding diaryl/α,β-unsaturated/α-hetero) is 1. The van der Waals surface area contributed by atoms with E-state index in [0.29, 0.717) is 23.9 Å². The molecule has 1 aliphatic heterocycles. The fourth-order valence-corrected chi connectivity index (χ4v) is 2.90. The molecule has 1 saturated heterocycles. The number of hydrogen-bond donors (Lipinski definition) is 1. The molecule has 4 nitrogen and oxygen atoms in total. The second kappa shape index (κ2) is 7.41. The van der Waals surface area contributed by atoms with Crippen LogP contribution in [0.2, 0.25) is 0 Å². The molecule has 2 rings (SSSR count). The second-order valence-corrected chi connectivity index (χ2v) is 5.26. The predicted octanol–water partition coefficient (Wildman–Crippen LogP) is 2.11. The van der Waals surface area contributed by atoms with Crippen LogP contribution < -0.4 is 4.74 Å². The van der Waals surface area contributed by atoms with Gasteiger partial charge in [0, 0.05) is 12.6 Å². The molecule has 1 aliphatic rings. The number of aliphatic hydroxyl groups excluding tert-OH is 1. The first-order valence-electron chi connectivity index (χ1n) is 7.27. The zero-order valence-corrected chi connectivity index (χ0v) is 12.0. The number of ketones is 1. The van der Waals surface area contributed by atoms with Crippen molar-refractivity contribution >= 4 is 5.78 Å². The van der Waals surface area contributed by atoms with Gasteiger partial charge in [-0.25, -0.2) is 0 Å². The zero-order valence-electron chi connectivity index (χ0n) is 12.0. The van der Waals surface area contributed by atoms with Gasteiger partial charge in [-0.1, -0.05) is 12.1 Å². The molecule has 1 unspecified atom stereocenters. The molecule has 110 valence electrons. The van der Waals surface area contributed by atoms with E-state index in [4.69, 9.17) is 9.84 Å². The van der Waals surface area contributed by atoms with Crippen LogP contribution in [0.15, 0.2) is 24.3 Å². The van der Waals surface area contributed by atoms with Gasteiger partial charge in [-0.05, 0) is 44.4 Å². The first-order valence-corrected chi connectivity index (χ1v) is 7.27. The van der Waals surface area contributed by atoms with Crippen molar-refractivity contribution in [2.45, 2.75) is 31.7 Å². The number of rotatable bonds is 7. The number of hydrogen-bond acceptors (Lipinski definition) is 4. The van der Waals surface area contributed by atoms with Gasteiger partial charge in [0.25, 0.3) is 0 Å². The van der Waals surface area contributed by atoms with Crippen molar-refractivity contribution in [3.05, 3.63) is 29.8 Å². The topological polar surface area (TPSA) is 49.8 Å². The first-order chi connectivity index (χ1) is 9.76. The Bertz CT molecular complexity index is 447. The summed E-state index contributed by atoms with van der Waals surface area (Å²) in [5, 5.41) is 8.94. The molecule has 1 aromatic rings. The van der Waals surface area contributed by atoms with E-state index in [1.807, 2.05) is 24.3 Å². The van der Waals surface area contributed by atoms with Gasteiger partial charge in [-0.2, -0.15) is 0 Å². The zero-order chi connectivity index (χ0) is 14.4. The van der Waals surface area contributed by atoms with Crippen LogP contribution in [0.1, 0.15) is 36.0 Å². The van der Waals surface area contributed by atoms with Crippen LogP contribution in [-0.2, 0) is 0 Å². The summed E-state index contributed by atoms with van der Waals surface area (Å²) in [5.74, 6) is 0.752. The molecule has 1 aromatic carbocycles. The molecule has 0 aliphatic carbocycles. The van der Waals surface area contributed by atoms with Gasteiger partial charge >= 0.3 is 0 Å². The normalized spacial score (nSPS) is 19.2. The lowest BCUT2D eigenvalue weighted by Crippen LogP contribution is -2.34. The lowest BCUT2D eigenvalue weighted by atomic mass is 10.1. The Morgan fingerprint density at radius 2 is 2.25 bits per heavy atom. The third-order valence-electron chi connectivity index (χ3n) is 3.95. The van der Waals surface area contributed by atoms with Crippen LogP contribution in [0, 0.1) is 0 Å². The monoisotopic (exact) mass is 277 g/mol. The average molecular weight is 277 g/mol. The third kappa shape index (κ3) is 3.58. The van der Waals surface area contributed by atoms with Gasteiger partial charge in [0.05, 0.1) is 19.2 Å². The molecule has 1 fully saturated rings. The number of methoxy groups -OCH3 is 1. The number of ether oxygens (including phenoxy) is 1. The van der Waals surface area contributed by atoms with Crippen molar-refractivity contribution in [1.29, 1.82) is 0 Å². The molecule has 1 heterocycles. The summed E-state index contributed by atoms with van der Waals surface area (Å²) >= 11 is 0. The van der Waals surface area contributed by atoms with E-state index in [1.165, 1.54) is 0 Å². The highest BCUT2D eigenvalue weighted by Crippen LogP contribution is 2.23. The van der Waals surface area contributed by atoms with E-state index in [-0.39, 0.29) is 12.4 Å². The summed E-state index contributed by atoms with van der Waals surface area (Å²) in [4.78, 5) is 14.7.